The predicted octanol–water partition coefficient (Wildman–Crippen LogP) is 3.53. The van der Waals surface area contributed by atoms with E-state index in [0.717, 1.165) is 42.3 Å². The number of carbonyl (C=O) groups excluding carboxylic acids is 1. The van der Waals surface area contributed by atoms with Crippen molar-refractivity contribution in [2.75, 3.05) is 27.2 Å². The number of methoxy groups -OCH3 is 1. The van der Waals surface area contributed by atoms with E-state index in [4.69, 9.17) is 9.26 Å². The second-order valence-electron chi connectivity index (χ2n) is 7.89. The number of rotatable bonds is 7. The highest BCUT2D eigenvalue weighted by Crippen LogP contribution is 2.36. The van der Waals surface area contributed by atoms with Crippen LogP contribution in [0.3, 0.4) is 0 Å². The van der Waals surface area contributed by atoms with Crippen LogP contribution in [0.2, 0.25) is 0 Å². The zero-order valence-corrected chi connectivity index (χ0v) is 17.4. The number of ether oxygens (including phenoxy) is 1. The summed E-state index contributed by atoms with van der Waals surface area (Å²) in [5.74, 6) is 1.64. The number of hydrogen-bond donors (Lipinski definition) is 1. The molecule has 1 aliphatic rings. The average Bonchev–Trinajstić information content (AvgIpc) is 3.42. The number of amides is 1. The first-order valence-corrected chi connectivity index (χ1v) is 10.2. The van der Waals surface area contributed by atoms with Crippen molar-refractivity contribution in [2.24, 2.45) is 5.41 Å². The van der Waals surface area contributed by atoms with Gasteiger partial charge >= 0.3 is 0 Å². The van der Waals surface area contributed by atoms with Crippen LogP contribution in [0.1, 0.15) is 17.7 Å². The summed E-state index contributed by atoms with van der Waals surface area (Å²) in [6.45, 7) is 2.34. The van der Waals surface area contributed by atoms with Gasteiger partial charge in [-0.3, -0.25) is 9.69 Å². The van der Waals surface area contributed by atoms with Crippen LogP contribution in [0, 0.1) is 5.41 Å². The van der Waals surface area contributed by atoms with E-state index in [9.17, 15) is 4.79 Å². The molecule has 1 atom stereocenters. The monoisotopic (exact) mass is 405 g/mol. The molecular weight excluding hydrogens is 378 g/mol. The van der Waals surface area contributed by atoms with Crippen LogP contribution in [0.5, 0.6) is 5.75 Å². The molecule has 3 aromatic rings. The van der Waals surface area contributed by atoms with Gasteiger partial charge in [0.1, 0.15) is 17.2 Å². The highest BCUT2D eigenvalue weighted by Gasteiger charge is 2.45. The Morgan fingerprint density at radius 1 is 1.20 bits per heavy atom. The van der Waals surface area contributed by atoms with Gasteiger partial charge in [0.2, 0.25) is 5.91 Å². The summed E-state index contributed by atoms with van der Waals surface area (Å²) in [7, 11) is 3.37. The van der Waals surface area contributed by atoms with Gasteiger partial charge in [0, 0.05) is 38.2 Å². The highest BCUT2D eigenvalue weighted by atomic mass is 16.5. The van der Waals surface area contributed by atoms with Gasteiger partial charge in [0.05, 0.1) is 12.5 Å². The Morgan fingerprint density at radius 2 is 1.97 bits per heavy atom. The molecule has 0 radical (unpaired) electrons. The summed E-state index contributed by atoms with van der Waals surface area (Å²) >= 11 is 0. The Morgan fingerprint density at radius 3 is 2.67 bits per heavy atom. The zero-order chi connectivity index (χ0) is 21.0. The van der Waals surface area contributed by atoms with Crippen LogP contribution in [-0.2, 0) is 17.8 Å². The van der Waals surface area contributed by atoms with E-state index in [1.54, 1.807) is 14.2 Å². The summed E-state index contributed by atoms with van der Waals surface area (Å²) < 4.78 is 10.9. The molecule has 6 nitrogen and oxygen atoms in total. The van der Waals surface area contributed by atoms with Crippen molar-refractivity contribution in [3.8, 4) is 17.0 Å². The van der Waals surface area contributed by atoms with Crippen molar-refractivity contribution in [3.05, 3.63) is 72.0 Å². The van der Waals surface area contributed by atoms with Gasteiger partial charge in [-0.25, -0.2) is 0 Å². The number of carbonyl (C=O) groups is 1. The van der Waals surface area contributed by atoms with E-state index in [0.29, 0.717) is 13.0 Å². The van der Waals surface area contributed by atoms with Crippen LogP contribution >= 0.6 is 0 Å². The Labute approximate surface area is 176 Å². The van der Waals surface area contributed by atoms with Gasteiger partial charge in [-0.05, 0) is 30.7 Å². The molecule has 0 saturated carbocycles. The fourth-order valence-electron chi connectivity index (χ4n) is 4.23. The van der Waals surface area contributed by atoms with Gasteiger partial charge in [0.25, 0.3) is 0 Å². The van der Waals surface area contributed by atoms with Crippen LogP contribution in [0.4, 0.5) is 0 Å². The summed E-state index contributed by atoms with van der Waals surface area (Å²) in [6, 6.07) is 20.0. The number of nitrogens with one attached hydrogen (secondary N) is 1. The van der Waals surface area contributed by atoms with Gasteiger partial charge in [-0.1, -0.05) is 47.6 Å². The maximum absolute atomic E-state index is 12.9. The summed E-state index contributed by atoms with van der Waals surface area (Å²) in [5, 5.41) is 7.08. The van der Waals surface area contributed by atoms with Gasteiger partial charge in [0.15, 0.2) is 0 Å². The largest absolute Gasteiger partial charge is 0.497 e. The fourth-order valence-corrected chi connectivity index (χ4v) is 4.23. The Balaban J connectivity index is 1.48. The summed E-state index contributed by atoms with van der Waals surface area (Å²) in [5.41, 5.74) is 2.49. The van der Waals surface area contributed by atoms with Crippen molar-refractivity contribution >= 4 is 5.91 Å². The Kier molecular flexibility index (Phi) is 5.86. The summed E-state index contributed by atoms with van der Waals surface area (Å²) in [6.07, 6.45) is 1.32. The molecule has 156 valence electrons. The minimum atomic E-state index is -0.519. The van der Waals surface area contributed by atoms with Crippen molar-refractivity contribution < 1.29 is 14.1 Å². The molecule has 1 aromatic heterocycles. The smallest absolute Gasteiger partial charge is 0.227 e. The minimum Gasteiger partial charge on any atom is -0.497 e. The van der Waals surface area contributed by atoms with E-state index in [1.807, 2.05) is 48.5 Å². The molecule has 4 rings (SSSR count). The third-order valence-electron chi connectivity index (χ3n) is 5.85. The second kappa shape index (κ2) is 8.71. The van der Waals surface area contributed by atoms with Crippen LogP contribution in [0.25, 0.3) is 11.3 Å². The zero-order valence-electron chi connectivity index (χ0n) is 17.4. The van der Waals surface area contributed by atoms with Crippen molar-refractivity contribution in [1.29, 1.82) is 0 Å². The lowest BCUT2D eigenvalue weighted by Gasteiger charge is -2.26. The number of aromatic nitrogens is 1. The highest BCUT2D eigenvalue weighted by molar-refractivity contribution is 5.83. The Bertz CT molecular complexity index is 984. The lowest BCUT2D eigenvalue weighted by atomic mass is 9.81. The molecule has 1 amide bonds. The predicted molar refractivity (Wildman–Crippen MR) is 115 cm³/mol. The number of benzene rings is 2. The first-order valence-electron chi connectivity index (χ1n) is 10.2. The fraction of sp³-hybridized carbons (Fsp3) is 0.333. The quantitative estimate of drug-likeness (QED) is 0.651. The molecular formula is C24H27N3O3. The first-order chi connectivity index (χ1) is 14.6. The van der Waals surface area contributed by atoms with Crippen molar-refractivity contribution in [3.63, 3.8) is 0 Å². The second-order valence-corrected chi connectivity index (χ2v) is 7.89. The Hall–Kier alpha value is -3.12. The molecule has 0 spiro atoms. The standard InChI is InChI=1S/C24H27N3O3/c1-25-23(28)24(15-21-14-22(26-30-21)19-6-4-3-5-7-19)12-13-27(17-24)16-18-8-10-20(29-2)11-9-18/h3-11,14H,12-13,15-17H2,1-2H3,(H,25,28)/t24-/m1/s1. The van der Waals surface area contributed by atoms with E-state index < -0.39 is 5.41 Å². The SMILES string of the molecule is CNC(=O)[C@@]1(Cc2cc(-c3ccccc3)no2)CCN(Cc2ccc(OC)cc2)C1. The molecule has 1 saturated heterocycles. The number of likely N-dealkylation sites (tertiary alicyclic amines) is 1. The normalized spacial score (nSPS) is 19.0. The van der Waals surface area contributed by atoms with E-state index in [-0.39, 0.29) is 5.91 Å². The molecule has 0 bridgehead atoms. The third kappa shape index (κ3) is 4.24. The van der Waals surface area contributed by atoms with Gasteiger partial charge in [-0.2, -0.15) is 0 Å². The molecule has 0 unspecified atom stereocenters. The maximum atomic E-state index is 12.9. The minimum absolute atomic E-state index is 0.0531. The van der Waals surface area contributed by atoms with Crippen molar-refractivity contribution in [1.82, 2.24) is 15.4 Å². The lowest BCUT2D eigenvalue weighted by Crippen LogP contribution is -2.43. The van der Waals surface area contributed by atoms with Crippen LogP contribution in [0.15, 0.2) is 65.2 Å². The average molecular weight is 405 g/mol. The summed E-state index contributed by atoms with van der Waals surface area (Å²) in [4.78, 5) is 15.2. The van der Waals surface area contributed by atoms with E-state index in [1.165, 1.54) is 5.56 Å². The molecule has 1 aliphatic heterocycles. The molecule has 30 heavy (non-hydrogen) atoms. The lowest BCUT2D eigenvalue weighted by molar-refractivity contribution is -0.130. The topological polar surface area (TPSA) is 67.6 Å². The molecule has 6 heteroatoms. The van der Waals surface area contributed by atoms with Crippen LogP contribution in [-0.4, -0.2) is 43.2 Å². The van der Waals surface area contributed by atoms with Crippen molar-refractivity contribution in [2.45, 2.75) is 19.4 Å². The number of hydrogen-bond acceptors (Lipinski definition) is 5. The maximum Gasteiger partial charge on any atom is 0.227 e. The van der Waals surface area contributed by atoms with Crippen LogP contribution < -0.4 is 10.1 Å². The first kappa shape index (κ1) is 20.2. The number of nitrogens with zero attached hydrogens (tertiary/aromatic N) is 2. The molecule has 2 heterocycles. The molecule has 0 aliphatic carbocycles. The molecule has 1 N–H and O–H groups in total. The molecule has 1 fully saturated rings. The third-order valence-corrected chi connectivity index (χ3v) is 5.85. The van der Waals surface area contributed by atoms with E-state index >= 15 is 0 Å². The molecule has 2 aromatic carbocycles. The van der Waals surface area contributed by atoms with E-state index in [2.05, 4.69) is 27.5 Å². The van der Waals surface area contributed by atoms with Gasteiger partial charge < -0.3 is 14.6 Å². The van der Waals surface area contributed by atoms with Gasteiger partial charge in [-0.15, -0.1) is 0 Å².